The van der Waals surface area contributed by atoms with Crippen LogP contribution in [0.3, 0.4) is 0 Å². The van der Waals surface area contributed by atoms with Gasteiger partial charge in [0.05, 0.1) is 24.0 Å². The Labute approximate surface area is 163 Å². The quantitative estimate of drug-likeness (QED) is 0.560. The molecule has 0 N–H and O–H groups in total. The highest BCUT2D eigenvalue weighted by atomic mass is 35.5. The van der Waals surface area contributed by atoms with Gasteiger partial charge in [-0.2, -0.15) is 0 Å². The summed E-state index contributed by atoms with van der Waals surface area (Å²) in [6.45, 7) is 3.78. The zero-order valence-corrected chi connectivity index (χ0v) is 16.2. The average molecular weight is 385 g/mol. The fourth-order valence-corrected chi connectivity index (χ4v) is 2.84. The molecular weight excluding hydrogens is 364 g/mol. The molecule has 0 spiro atoms. The van der Waals surface area contributed by atoms with Crippen LogP contribution >= 0.6 is 11.6 Å². The smallest absolute Gasteiger partial charge is 0.347 e. The predicted molar refractivity (Wildman–Crippen MR) is 108 cm³/mol. The van der Waals surface area contributed by atoms with Crippen molar-refractivity contribution in [2.24, 2.45) is 0 Å². The number of fused-ring (bicyclic) bond motifs is 1. The zero-order valence-electron chi connectivity index (χ0n) is 15.5. The number of benzene rings is 2. The maximum Gasteiger partial charge on any atom is 0.347 e. The van der Waals surface area contributed by atoms with E-state index in [0.29, 0.717) is 17.4 Å². The van der Waals surface area contributed by atoms with Crippen molar-refractivity contribution in [3.05, 3.63) is 59.8 Å². The Balaban J connectivity index is 1.74. The number of hydrogen-bond acceptors (Lipinski definition) is 5. The van der Waals surface area contributed by atoms with E-state index in [9.17, 15) is 4.79 Å². The molecule has 5 nitrogen and oxygen atoms in total. The molecule has 3 aromatic rings. The molecular formula is C21H21ClN2O3. The third-order valence-electron chi connectivity index (χ3n) is 4.17. The average Bonchev–Trinajstić information content (AvgIpc) is 2.67. The number of hydrogen-bond donors (Lipinski definition) is 0. The van der Waals surface area contributed by atoms with Gasteiger partial charge in [-0.05, 0) is 56.3 Å². The molecule has 6 heteroatoms. The first-order valence-electron chi connectivity index (χ1n) is 8.70. The number of halogens is 1. The van der Waals surface area contributed by atoms with Crippen LogP contribution in [0.5, 0.6) is 5.75 Å². The number of nitrogens with zero attached hydrogens (tertiary/aromatic N) is 2. The van der Waals surface area contributed by atoms with E-state index in [1.54, 1.807) is 13.8 Å². The molecule has 0 radical (unpaired) electrons. The summed E-state index contributed by atoms with van der Waals surface area (Å²) in [4.78, 5) is 18.2. The van der Waals surface area contributed by atoms with Crippen LogP contribution in [0.4, 0.5) is 11.4 Å². The van der Waals surface area contributed by atoms with Crippen molar-refractivity contribution in [2.45, 2.75) is 20.0 Å². The number of esters is 1. The topological polar surface area (TPSA) is 51.7 Å². The van der Waals surface area contributed by atoms with E-state index in [1.165, 1.54) is 0 Å². The first-order chi connectivity index (χ1) is 13.0. The molecule has 1 heterocycles. The van der Waals surface area contributed by atoms with E-state index in [4.69, 9.17) is 21.1 Å². The Morgan fingerprint density at radius 1 is 1.15 bits per heavy atom. The number of pyridine rings is 1. The lowest BCUT2D eigenvalue weighted by Gasteiger charge is -2.20. The Hall–Kier alpha value is -2.79. The summed E-state index contributed by atoms with van der Waals surface area (Å²) in [5.41, 5.74) is 2.79. The van der Waals surface area contributed by atoms with Crippen LogP contribution in [-0.4, -0.2) is 30.7 Å². The molecule has 0 aliphatic carbocycles. The van der Waals surface area contributed by atoms with E-state index in [2.05, 4.69) is 11.1 Å². The minimum atomic E-state index is -0.648. The van der Waals surface area contributed by atoms with Gasteiger partial charge in [0.25, 0.3) is 0 Å². The van der Waals surface area contributed by atoms with Crippen LogP contribution in [0, 0.1) is 0 Å². The summed E-state index contributed by atoms with van der Waals surface area (Å²) in [5, 5.41) is 1.69. The van der Waals surface area contributed by atoms with Crippen molar-refractivity contribution in [3.8, 4) is 5.75 Å². The van der Waals surface area contributed by atoms with Crippen molar-refractivity contribution in [2.75, 3.05) is 18.6 Å². The summed E-state index contributed by atoms with van der Waals surface area (Å²) in [6.07, 6.45) is 1.16. The lowest BCUT2D eigenvalue weighted by molar-refractivity contribution is -0.150. The Kier molecular flexibility index (Phi) is 5.81. The van der Waals surface area contributed by atoms with Crippen LogP contribution in [0.15, 0.2) is 54.7 Å². The molecule has 2 aromatic carbocycles. The zero-order chi connectivity index (χ0) is 19.4. The highest BCUT2D eigenvalue weighted by Gasteiger charge is 2.15. The van der Waals surface area contributed by atoms with Crippen molar-refractivity contribution >= 4 is 39.8 Å². The molecule has 0 amide bonds. The molecule has 140 valence electrons. The van der Waals surface area contributed by atoms with Crippen molar-refractivity contribution < 1.29 is 14.3 Å². The second-order valence-electron chi connectivity index (χ2n) is 6.10. The normalized spacial score (nSPS) is 11.9. The lowest BCUT2D eigenvalue weighted by atomic mass is 10.2. The number of carbonyl (C=O) groups is 1. The molecule has 27 heavy (non-hydrogen) atoms. The third kappa shape index (κ3) is 4.49. The summed E-state index contributed by atoms with van der Waals surface area (Å²) < 4.78 is 10.6. The minimum Gasteiger partial charge on any atom is -0.479 e. The van der Waals surface area contributed by atoms with Crippen LogP contribution in [-0.2, 0) is 9.53 Å². The highest BCUT2D eigenvalue weighted by molar-refractivity contribution is 6.31. The monoisotopic (exact) mass is 384 g/mol. The van der Waals surface area contributed by atoms with E-state index < -0.39 is 6.10 Å². The number of aromatic nitrogens is 1. The first-order valence-corrected chi connectivity index (χ1v) is 9.08. The number of ether oxygens (including phenoxy) is 2. The van der Waals surface area contributed by atoms with E-state index in [1.807, 2.05) is 60.6 Å². The lowest BCUT2D eigenvalue weighted by Crippen LogP contribution is -2.26. The van der Waals surface area contributed by atoms with Crippen LogP contribution in [0.1, 0.15) is 13.8 Å². The van der Waals surface area contributed by atoms with Crippen molar-refractivity contribution in [1.29, 1.82) is 0 Å². The molecule has 1 aromatic heterocycles. The molecule has 0 saturated heterocycles. The Bertz CT molecular complexity index is 944. The van der Waals surface area contributed by atoms with Gasteiger partial charge in [0.15, 0.2) is 6.10 Å². The van der Waals surface area contributed by atoms with Gasteiger partial charge in [0, 0.05) is 23.1 Å². The molecule has 1 unspecified atom stereocenters. The maximum absolute atomic E-state index is 11.7. The summed E-state index contributed by atoms with van der Waals surface area (Å²) in [5.74, 6) is 0.236. The van der Waals surface area contributed by atoms with Crippen molar-refractivity contribution in [1.82, 2.24) is 4.98 Å². The predicted octanol–water partition coefficient (Wildman–Crippen LogP) is 4.99. The Morgan fingerprint density at radius 3 is 2.59 bits per heavy atom. The summed E-state index contributed by atoms with van der Waals surface area (Å²) in [7, 11) is 1.97. The summed E-state index contributed by atoms with van der Waals surface area (Å²) >= 11 is 6.01. The molecule has 0 aliphatic heterocycles. The fourth-order valence-electron chi connectivity index (χ4n) is 2.68. The van der Waals surface area contributed by atoms with Gasteiger partial charge in [0.2, 0.25) is 0 Å². The maximum atomic E-state index is 11.7. The highest BCUT2D eigenvalue weighted by Crippen LogP contribution is 2.28. The third-order valence-corrected chi connectivity index (χ3v) is 4.41. The molecule has 1 atom stereocenters. The summed E-state index contributed by atoms with van der Waals surface area (Å²) in [6, 6.07) is 15.2. The first kappa shape index (κ1) is 19.0. The van der Waals surface area contributed by atoms with E-state index >= 15 is 0 Å². The molecule has 0 fully saturated rings. The molecule has 0 saturated carbocycles. The second-order valence-corrected chi connectivity index (χ2v) is 6.53. The van der Waals surface area contributed by atoms with E-state index in [0.717, 1.165) is 22.3 Å². The number of carbonyl (C=O) groups excluding carboxylic acids is 1. The van der Waals surface area contributed by atoms with Gasteiger partial charge in [-0.3, -0.25) is 4.98 Å². The fraction of sp³-hybridized carbons (Fsp3) is 0.238. The van der Waals surface area contributed by atoms with Gasteiger partial charge >= 0.3 is 5.97 Å². The van der Waals surface area contributed by atoms with Crippen LogP contribution in [0.2, 0.25) is 5.02 Å². The standard InChI is InChI=1S/C21H21ClN2O3/c1-4-26-21(25)14(2)27-19-9-7-17(8-10-19)24(3)18-11-15-5-6-16(22)12-20(15)23-13-18/h5-14H,4H2,1-3H3. The van der Waals surface area contributed by atoms with Gasteiger partial charge in [-0.25, -0.2) is 4.79 Å². The molecule has 0 aliphatic rings. The van der Waals surface area contributed by atoms with Gasteiger partial charge < -0.3 is 14.4 Å². The molecule has 3 rings (SSSR count). The Morgan fingerprint density at radius 2 is 1.89 bits per heavy atom. The number of anilines is 2. The van der Waals surface area contributed by atoms with E-state index in [-0.39, 0.29) is 5.97 Å². The van der Waals surface area contributed by atoms with Gasteiger partial charge in [-0.15, -0.1) is 0 Å². The van der Waals surface area contributed by atoms with Gasteiger partial charge in [0.1, 0.15) is 5.75 Å². The van der Waals surface area contributed by atoms with Gasteiger partial charge in [-0.1, -0.05) is 17.7 Å². The SMILES string of the molecule is CCOC(=O)C(C)Oc1ccc(N(C)c2cnc3cc(Cl)ccc3c2)cc1. The van der Waals surface area contributed by atoms with Crippen molar-refractivity contribution in [3.63, 3.8) is 0 Å². The molecule has 0 bridgehead atoms. The van der Waals surface area contributed by atoms with Crippen LogP contribution in [0.25, 0.3) is 10.9 Å². The largest absolute Gasteiger partial charge is 0.479 e. The van der Waals surface area contributed by atoms with Crippen LogP contribution < -0.4 is 9.64 Å². The second kappa shape index (κ2) is 8.27. The number of rotatable bonds is 6. The minimum absolute atomic E-state index is 0.336.